The Labute approximate surface area is 153 Å². The van der Waals surface area contributed by atoms with Crippen LogP contribution < -0.4 is 5.32 Å². The molecule has 26 heavy (non-hydrogen) atoms. The summed E-state index contributed by atoms with van der Waals surface area (Å²) in [6.45, 7) is 0.428. The fourth-order valence-corrected chi connectivity index (χ4v) is 3.73. The second kappa shape index (κ2) is 7.48. The van der Waals surface area contributed by atoms with Gasteiger partial charge in [-0.2, -0.15) is 0 Å². The van der Waals surface area contributed by atoms with E-state index in [2.05, 4.69) is 63.8 Å². The first-order valence-corrected chi connectivity index (χ1v) is 8.98. The predicted octanol–water partition coefficient (Wildman–Crippen LogP) is 3.41. The topological polar surface area (TPSA) is 54.9 Å². The molecule has 0 unspecified atom stereocenters. The Morgan fingerprint density at radius 2 is 1.62 bits per heavy atom. The Balaban J connectivity index is 1.57. The molecule has 1 N–H and O–H groups in total. The third kappa shape index (κ3) is 3.49. The number of aromatic nitrogens is 2. The van der Waals surface area contributed by atoms with Gasteiger partial charge in [0.1, 0.15) is 6.33 Å². The van der Waals surface area contributed by atoms with Gasteiger partial charge in [-0.05, 0) is 41.2 Å². The molecule has 0 radical (unpaired) electrons. The van der Waals surface area contributed by atoms with E-state index in [4.69, 9.17) is 0 Å². The first-order valence-electron chi connectivity index (χ1n) is 8.98. The fourth-order valence-electron chi connectivity index (χ4n) is 3.73. The number of nitrogens with zero attached hydrogens (tertiary/aromatic N) is 2. The van der Waals surface area contributed by atoms with Gasteiger partial charge in [-0.1, -0.05) is 48.5 Å². The largest absolute Gasteiger partial charge is 0.350 e. The molecular formula is C22H21N3O. The van der Waals surface area contributed by atoms with Crippen LogP contribution in [0.1, 0.15) is 40.3 Å². The van der Waals surface area contributed by atoms with Crippen LogP contribution in [-0.4, -0.2) is 15.9 Å². The van der Waals surface area contributed by atoms with Crippen molar-refractivity contribution in [3.05, 3.63) is 95.1 Å². The van der Waals surface area contributed by atoms with Crippen LogP contribution in [0.5, 0.6) is 0 Å². The number of hydrogen-bond acceptors (Lipinski definition) is 3. The number of nitrogens with one attached hydrogen (secondary N) is 1. The number of hydrogen-bond donors (Lipinski definition) is 1. The van der Waals surface area contributed by atoms with Crippen molar-refractivity contribution in [3.8, 4) is 0 Å². The second-order valence-electron chi connectivity index (χ2n) is 6.63. The smallest absolute Gasteiger partial charge is 0.221 e. The molecule has 0 bridgehead atoms. The first-order chi connectivity index (χ1) is 12.8. The molecule has 1 aliphatic carbocycles. The molecule has 1 aliphatic rings. The van der Waals surface area contributed by atoms with E-state index in [9.17, 15) is 4.79 Å². The highest BCUT2D eigenvalue weighted by atomic mass is 16.1. The van der Waals surface area contributed by atoms with Crippen LogP contribution in [0.2, 0.25) is 0 Å². The van der Waals surface area contributed by atoms with Crippen LogP contribution in [-0.2, 0) is 24.2 Å². The SMILES string of the molecule is O=C(CC1c2ccccc2CCc2ccccc21)NCc1ccncn1. The van der Waals surface area contributed by atoms with E-state index >= 15 is 0 Å². The third-order valence-electron chi connectivity index (χ3n) is 5.02. The molecule has 130 valence electrons. The predicted molar refractivity (Wildman–Crippen MR) is 101 cm³/mol. The summed E-state index contributed by atoms with van der Waals surface area (Å²) in [5.41, 5.74) is 6.05. The standard InChI is InChI=1S/C22H21N3O/c26-22(24-14-18-11-12-23-15-25-18)13-21-19-7-3-1-5-16(19)9-10-17-6-2-4-8-20(17)21/h1-8,11-12,15,21H,9-10,13-14H2,(H,24,26). The molecule has 1 heterocycles. The van der Waals surface area contributed by atoms with Gasteiger partial charge in [0.25, 0.3) is 0 Å². The van der Waals surface area contributed by atoms with Crippen LogP contribution >= 0.6 is 0 Å². The van der Waals surface area contributed by atoms with Gasteiger partial charge in [0, 0.05) is 18.5 Å². The molecule has 0 aliphatic heterocycles. The molecule has 0 spiro atoms. The minimum absolute atomic E-state index is 0.0418. The van der Waals surface area contributed by atoms with Crippen molar-refractivity contribution >= 4 is 5.91 Å². The van der Waals surface area contributed by atoms with Gasteiger partial charge in [-0.15, -0.1) is 0 Å². The number of aryl methyl sites for hydroxylation is 2. The lowest BCUT2D eigenvalue weighted by Gasteiger charge is -2.20. The van der Waals surface area contributed by atoms with Crippen molar-refractivity contribution in [2.45, 2.75) is 31.7 Å². The Bertz CT molecular complexity index is 861. The van der Waals surface area contributed by atoms with E-state index in [-0.39, 0.29) is 11.8 Å². The highest BCUT2D eigenvalue weighted by Crippen LogP contribution is 2.36. The minimum Gasteiger partial charge on any atom is -0.350 e. The molecule has 2 aromatic carbocycles. The molecule has 1 aromatic heterocycles. The van der Waals surface area contributed by atoms with Crippen LogP contribution in [0.3, 0.4) is 0 Å². The number of fused-ring (bicyclic) bond motifs is 2. The molecule has 4 nitrogen and oxygen atoms in total. The maximum absolute atomic E-state index is 12.7. The van der Waals surface area contributed by atoms with E-state index in [1.807, 2.05) is 6.07 Å². The van der Waals surface area contributed by atoms with Gasteiger partial charge in [0.15, 0.2) is 0 Å². The van der Waals surface area contributed by atoms with Gasteiger partial charge >= 0.3 is 0 Å². The van der Waals surface area contributed by atoms with Crippen molar-refractivity contribution < 1.29 is 4.79 Å². The number of benzene rings is 2. The summed E-state index contributed by atoms with van der Waals surface area (Å²) in [6, 6.07) is 18.8. The number of rotatable bonds is 4. The van der Waals surface area contributed by atoms with Gasteiger partial charge in [-0.3, -0.25) is 4.79 Å². The van der Waals surface area contributed by atoms with Crippen molar-refractivity contribution in [2.75, 3.05) is 0 Å². The summed E-state index contributed by atoms with van der Waals surface area (Å²) >= 11 is 0. The number of amides is 1. The summed E-state index contributed by atoms with van der Waals surface area (Å²) in [7, 11) is 0. The van der Waals surface area contributed by atoms with Crippen molar-refractivity contribution in [1.82, 2.24) is 15.3 Å². The highest BCUT2D eigenvalue weighted by molar-refractivity contribution is 5.77. The summed E-state index contributed by atoms with van der Waals surface area (Å²) in [5, 5.41) is 3.00. The van der Waals surface area contributed by atoms with Crippen LogP contribution in [0.25, 0.3) is 0 Å². The molecule has 4 heteroatoms. The molecule has 0 atom stereocenters. The average molecular weight is 343 g/mol. The van der Waals surface area contributed by atoms with Crippen molar-refractivity contribution in [1.29, 1.82) is 0 Å². The molecule has 4 rings (SSSR count). The molecule has 0 saturated heterocycles. The third-order valence-corrected chi connectivity index (χ3v) is 5.02. The maximum Gasteiger partial charge on any atom is 0.221 e. The number of carbonyl (C=O) groups excluding carboxylic acids is 1. The Hall–Kier alpha value is -3.01. The van der Waals surface area contributed by atoms with E-state index in [0.29, 0.717) is 13.0 Å². The van der Waals surface area contributed by atoms with Gasteiger partial charge in [0.05, 0.1) is 12.2 Å². The average Bonchev–Trinajstić information content (AvgIpc) is 2.85. The van der Waals surface area contributed by atoms with Gasteiger partial charge < -0.3 is 5.32 Å². The lowest BCUT2D eigenvalue weighted by Crippen LogP contribution is -2.25. The number of carbonyl (C=O) groups is 1. The monoisotopic (exact) mass is 343 g/mol. The summed E-state index contributed by atoms with van der Waals surface area (Å²) in [5.74, 6) is 0.135. The van der Waals surface area contributed by atoms with Crippen molar-refractivity contribution in [3.63, 3.8) is 0 Å². The fraction of sp³-hybridized carbons (Fsp3) is 0.227. The second-order valence-corrected chi connectivity index (χ2v) is 6.63. The van der Waals surface area contributed by atoms with Crippen LogP contribution in [0, 0.1) is 0 Å². The van der Waals surface area contributed by atoms with Gasteiger partial charge in [-0.25, -0.2) is 9.97 Å². The lowest BCUT2D eigenvalue weighted by atomic mass is 9.85. The molecule has 0 fully saturated rings. The summed E-state index contributed by atoms with van der Waals surface area (Å²) in [6.07, 6.45) is 5.67. The normalized spacial score (nSPS) is 13.4. The Kier molecular flexibility index (Phi) is 4.73. The molecule has 1 amide bonds. The van der Waals surface area contributed by atoms with Gasteiger partial charge in [0.2, 0.25) is 5.91 Å². The zero-order valence-corrected chi connectivity index (χ0v) is 14.6. The zero-order valence-electron chi connectivity index (χ0n) is 14.6. The van der Waals surface area contributed by atoms with Crippen LogP contribution in [0.15, 0.2) is 67.1 Å². The summed E-state index contributed by atoms with van der Waals surface area (Å²) in [4.78, 5) is 20.7. The van der Waals surface area contributed by atoms with E-state index in [1.54, 1.807) is 6.20 Å². The quantitative estimate of drug-likeness (QED) is 0.790. The zero-order chi connectivity index (χ0) is 17.8. The lowest BCUT2D eigenvalue weighted by molar-refractivity contribution is -0.121. The Morgan fingerprint density at radius 3 is 2.23 bits per heavy atom. The van der Waals surface area contributed by atoms with Crippen LogP contribution in [0.4, 0.5) is 0 Å². The van der Waals surface area contributed by atoms with E-state index in [0.717, 1.165) is 18.5 Å². The molecule has 0 saturated carbocycles. The van der Waals surface area contributed by atoms with E-state index in [1.165, 1.54) is 28.6 Å². The highest BCUT2D eigenvalue weighted by Gasteiger charge is 2.25. The summed E-state index contributed by atoms with van der Waals surface area (Å²) < 4.78 is 0. The minimum atomic E-state index is 0.0418. The first kappa shape index (κ1) is 16.5. The van der Waals surface area contributed by atoms with Crippen molar-refractivity contribution in [2.24, 2.45) is 0 Å². The van der Waals surface area contributed by atoms with E-state index < -0.39 is 0 Å². The Morgan fingerprint density at radius 1 is 0.962 bits per heavy atom. The molecular weight excluding hydrogens is 322 g/mol. The maximum atomic E-state index is 12.7. The molecule has 3 aromatic rings.